The minimum absolute atomic E-state index is 0. The van der Waals surface area contributed by atoms with E-state index in [2.05, 4.69) is 0 Å². The topological polar surface area (TPSA) is 123 Å². The lowest BCUT2D eigenvalue weighted by Crippen LogP contribution is -1.94. The smallest absolute Gasteiger partial charge is 0.197 e. The molecule has 0 atom stereocenters. The second-order valence-electron chi connectivity index (χ2n) is 2.61. The molecule has 5 nitrogen and oxygen atoms in total. The first-order valence-electron chi connectivity index (χ1n) is 4.10. The van der Waals surface area contributed by atoms with Crippen molar-refractivity contribution < 1.29 is 4.79 Å². The number of carbonyl (C=O) groups is 1. The average Bonchev–Trinajstić information content (AvgIpc) is 2.82. The van der Waals surface area contributed by atoms with Gasteiger partial charge in [0, 0.05) is 6.08 Å². The summed E-state index contributed by atoms with van der Waals surface area (Å²) < 4.78 is 0. The van der Waals surface area contributed by atoms with Crippen molar-refractivity contribution in [2.75, 3.05) is 0 Å². The van der Waals surface area contributed by atoms with Crippen LogP contribution < -0.4 is 6.15 Å². The number of nitrogens with zero attached hydrogens (tertiary/aromatic N) is 3. The molecule has 0 fully saturated rings. The number of nitriles is 2. The van der Waals surface area contributed by atoms with Crippen molar-refractivity contribution in [1.82, 2.24) is 6.15 Å². The third-order valence-corrected chi connectivity index (χ3v) is 2.54. The molecule has 0 saturated carbocycles. The molecule has 0 amide bonds. The fraction of sp³-hybridized carbons (Fsp3) is 0. The molecule has 0 radical (unpaired) electrons. The van der Waals surface area contributed by atoms with Crippen molar-refractivity contribution in [3.05, 3.63) is 45.0 Å². The van der Waals surface area contributed by atoms with Gasteiger partial charge in [0.1, 0.15) is 12.1 Å². The maximum atomic E-state index is 11.6. The first-order chi connectivity index (χ1) is 7.72. The number of thiophene rings is 1. The van der Waals surface area contributed by atoms with Gasteiger partial charge in [0.05, 0.1) is 16.0 Å². The first kappa shape index (κ1) is 14.5. The summed E-state index contributed by atoms with van der Waals surface area (Å²) in [6.45, 7) is 0. The lowest BCUT2D eigenvalue weighted by Gasteiger charge is -1.93. The zero-order valence-corrected chi connectivity index (χ0v) is 9.78. The van der Waals surface area contributed by atoms with E-state index in [1.807, 2.05) is 0 Å². The van der Waals surface area contributed by atoms with E-state index in [0.717, 1.165) is 6.08 Å². The Morgan fingerprint density at radius 3 is 2.53 bits per heavy atom. The maximum Gasteiger partial charge on any atom is 0.197 e. The number of allylic oxidation sites excluding steroid dienone is 3. The summed E-state index contributed by atoms with van der Waals surface area (Å²) in [7, 11) is 0. The Morgan fingerprint density at radius 2 is 2.12 bits per heavy atom. The Morgan fingerprint density at radius 1 is 1.41 bits per heavy atom. The number of ketones is 1. The van der Waals surface area contributed by atoms with Crippen LogP contribution in [0.25, 0.3) is 5.41 Å². The third kappa shape index (κ3) is 3.53. The van der Waals surface area contributed by atoms with E-state index in [1.165, 1.54) is 11.3 Å². The van der Waals surface area contributed by atoms with Crippen LogP contribution in [0, 0.1) is 22.7 Å². The largest absolute Gasteiger partial charge is 0.762 e. The monoisotopic (exact) mass is 244 g/mol. The molecule has 1 aromatic heterocycles. The molecule has 1 heterocycles. The van der Waals surface area contributed by atoms with Gasteiger partial charge in [-0.05, 0) is 11.4 Å². The summed E-state index contributed by atoms with van der Waals surface area (Å²) >= 11 is 1.23. The molecule has 1 aromatic rings. The van der Waals surface area contributed by atoms with Crippen LogP contribution in [0.3, 0.4) is 0 Å². The Kier molecular flexibility index (Phi) is 5.87. The van der Waals surface area contributed by atoms with Crippen LogP contribution in [0.5, 0.6) is 0 Å². The van der Waals surface area contributed by atoms with E-state index >= 15 is 0 Å². The molecule has 1 rings (SSSR count). The van der Waals surface area contributed by atoms with Gasteiger partial charge in [-0.2, -0.15) is 10.5 Å². The molecule has 0 saturated heterocycles. The lowest BCUT2D eigenvalue weighted by atomic mass is 10.1. The van der Waals surface area contributed by atoms with Crippen LogP contribution in [0.2, 0.25) is 0 Å². The molecule has 17 heavy (non-hydrogen) atoms. The standard InChI is InChI=1S/C11H4N3OS.H3N/c12-5-8(9(6-13)7-14)4-10(15)11-2-1-3-16-11;/h1-4H;1H3/q-1;/p+1. The molecule has 0 aliphatic rings. The van der Waals surface area contributed by atoms with E-state index < -0.39 is 0 Å². The molecule has 84 valence electrons. The van der Waals surface area contributed by atoms with Crippen LogP contribution in [-0.4, -0.2) is 11.7 Å². The fourth-order valence-electron chi connectivity index (χ4n) is 0.927. The van der Waals surface area contributed by atoms with Crippen LogP contribution in [0.15, 0.2) is 34.7 Å². The number of hydrogen-bond donors (Lipinski definition) is 1. The normalized spacial score (nSPS) is 9.18. The van der Waals surface area contributed by atoms with E-state index in [4.69, 9.17) is 15.9 Å². The van der Waals surface area contributed by atoms with Gasteiger partial charge in [-0.25, -0.2) is 5.87 Å². The average molecular weight is 244 g/mol. The van der Waals surface area contributed by atoms with E-state index in [0.29, 0.717) is 4.88 Å². The lowest BCUT2D eigenvalue weighted by molar-refractivity contribution is 0.105. The predicted octanol–water partition coefficient (Wildman–Crippen LogP) is 2.45. The van der Waals surface area contributed by atoms with Crippen molar-refractivity contribution in [3.8, 4) is 12.1 Å². The minimum Gasteiger partial charge on any atom is -0.762 e. The fourth-order valence-corrected chi connectivity index (χ4v) is 1.56. The summed E-state index contributed by atoms with van der Waals surface area (Å²) in [6, 6.07) is 6.54. The van der Waals surface area contributed by atoms with Crippen molar-refractivity contribution in [3.63, 3.8) is 0 Å². The van der Waals surface area contributed by atoms with Gasteiger partial charge < -0.3 is 11.6 Å². The first-order valence-corrected chi connectivity index (χ1v) is 4.98. The van der Waals surface area contributed by atoms with Gasteiger partial charge in [-0.3, -0.25) is 4.79 Å². The minimum atomic E-state index is -0.380. The highest BCUT2D eigenvalue weighted by Crippen LogP contribution is 2.13. The summed E-state index contributed by atoms with van der Waals surface area (Å²) in [5, 5.41) is 27.6. The van der Waals surface area contributed by atoms with Gasteiger partial charge >= 0.3 is 0 Å². The molecule has 0 bridgehead atoms. The second kappa shape index (κ2) is 6.89. The quantitative estimate of drug-likeness (QED) is 0.288. The Hall–Kier alpha value is -2.50. The van der Waals surface area contributed by atoms with Crippen LogP contribution in [0.4, 0.5) is 0 Å². The van der Waals surface area contributed by atoms with Crippen molar-refractivity contribution in [2.45, 2.75) is 0 Å². The Labute approximate surface area is 102 Å². The predicted molar refractivity (Wildman–Crippen MR) is 65.8 cm³/mol. The van der Waals surface area contributed by atoms with E-state index in [1.54, 1.807) is 35.5 Å². The number of quaternary nitrogens is 1. The maximum absolute atomic E-state index is 11.6. The van der Waals surface area contributed by atoms with Crippen molar-refractivity contribution >= 4 is 23.0 Å². The summed E-state index contributed by atoms with van der Waals surface area (Å²) in [4.78, 5) is 12.0. The summed E-state index contributed by atoms with van der Waals surface area (Å²) in [6.07, 6.45) is 1.01. The molecule has 0 unspecified atom stereocenters. The molecule has 0 aromatic carbocycles. The van der Waals surface area contributed by atoms with Crippen LogP contribution in [-0.2, 0) is 0 Å². The highest BCUT2D eigenvalue weighted by atomic mass is 32.1. The van der Waals surface area contributed by atoms with Crippen LogP contribution in [0.1, 0.15) is 9.67 Å². The molecule has 6 heteroatoms. The molecule has 0 aliphatic heterocycles. The van der Waals surface area contributed by atoms with Crippen molar-refractivity contribution in [1.29, 1.82) is 10.5 Å². The number of rotatable bonds is 3. The van der Waals surface area contributed by atoms with Gasteiger partial charge in [0.15, 0.2) is 5.78 Å². The van der Waals surface area contributed by atoms with Crippen molar-refractivity contribution in [2.24, 2.45) is 0 Å². The summed E-state index contributed by atoms with van der Waals surface area (Å²) in [5.41, 5.74) is -0.559. The molecule has 0 aliphatic carbocycles. The molecular formula is C11H8N4OS. The highest BCUT2D eigenvalue weighted by Gasteiger charge is 2.08. The Balaban J connectivity index is 0.00000256. The van der Waals surface area contributed by atoms with Gasteiger partial charge in [0.25, 0.3) is 0 Å². The molecule has 0 spiro atoms. The molecular weight excluding hydrogens is 236 g/mol. The van der Waals surface area contributed by atoms with E-state index in [-0.39, 0.29) is 23.1 Å². The zero-order valence-electron chi connectivity index (χ0n) is 8.97. The van der Waals surface area contributed by atoms with Crippen LogP contribution >= 0.6 is 11.3 Å². The Bertz CT molecular complexity index is 566. The third-order valence-electron chi connectivity index (χ3n) is 1.65. The second-order valence-corrected chi connectivity index (χ2v) is 3.56. The SMILES string of the molecule is N#CC(=C=[N-])C(C#N)=CC(=O)c1cccs1.[NH4+]. The number of carbonyl (C=O) groups excluding carboxylic acids is 1. The molecule has 4 N–H and O–H groups in total. The highest BCUT2D eigenvalue weighted by molar-refractivity contribution is 7.12. The van der Waals surface area contributed by atoms with E-state index in [9.17, 15) is 4.79 Å². The number of hydrogen-bond acceptors (Lipinski definition) is 4. The summed E-state index contributed by atoms with van der Waals surface area (Å²) in [5.74, 6) is 1.19. The van der Waals surface area contributed by atoms with Gasteiger partial charge in [0.2, 0.25) is 0 Å². The van der Waals surface area contributed by atoms with Gasteiger partial charge in [-0.1, -0.05) is 6.07 Å². The van der Waals surface area contributed by atoms with Gasteiger partial charge in [-0.15, -0.1) is 11.3 Å². The zero-order chi connectivity index (χ0) is 12.0.